The van der Waals surface area contributed by atoms with E-state index in [4.69, 9.17) is 9.47 Å². The molecule has 1 saturated heterocycles. The number of methoxy groups -OCH3 is 1. The number of carbonyl (C=O) groups is 2. The number of aryl methyl sites for hydroxylation is 1. The minimum absolute atomic E-state index is 0.00367. The van der Waals surface area contributed by atoms with Crippen LogP contribution >= 0.6 is 22.6 Å². The van der Waals surface area contributed by atoms with E-state index in [1.165, 1.54) is 0 Å². The number of hydrogen-bond donors (Lipinski definition) is 0. The molecular weight excluding hydrogens is 471 g/mol. The molecular formula is C21H23IN2O4. The molecule has 148 valence electrons. The van der Waals surface area contributed by atoms with Crippen molar-refractivity contribution in [2.45, 2.75) is 6.92 Å². The lowest BCUT2D eigenvalue weighted by Gasteiger charge is -2.34. The first kappa shape index (κ1) is 20.4. The maximum atomic E-state index is 12.7. The van der Waals surface area contributed by atoms with Crippen molar-refractivity contribution in [2.24, 2.45) is 0 Å². The van der Waals surface area contributed by atoms with E-state index in [0.717, 1.165) is 9.13 Å². The highest BCUT2D eigenvalue weighted by atomic mass is 127. The Morgan fingerprint density at radius 2 is 1.64 bits per heavy atom. The molecule has 7 heteroatoms. The zero-order valence-corrected chi connectivity index (χ0v) is 18.1. The van der Waals surface area contributed by atoms with Crippen LogP contribution in [-0.2, 0) is 4.79 Å². The lowest BCUT2D eigenvalue weighted by molar-refractivity contribution is -0.134. The molecule has 1 heterocycles. The predicted molar refractivity (Wildman–Crippen MR) is 115 cm³/mol. The van der Waals surface area contributed by atoms with Crippen molar-refractivity contribution in [1.82, 2.24) is 9.80 Å². The minimum atomic E-state index is -0.0670. The third-order valence-electron chi connectivity index (χ3n) is 4.75. The van der Waals surface area contributed by atoms with E-state index in [-0.39, 0.29) is 18.4 Å². The fourth-order valence-corrected chi connectivity index (χ4v) is 3.42. The van der Waals surface area contributed by atoms with Gasteiger partial charge in [-0.25, -0.2) is 0 Å². The Bertz CT molecular complexity index is 846. The number of rotatable bonds is 5. The summed E-state index contributed by atoms with van der Waals surface area (Å²) in [6, 6.07) is 13.0. The summed E-state index contributed by atoms with van der Waals surface area (Å²) in [6.07, 6.45) is 0. The molecule has 0 spiro atoms. The molecule has 0 aromatic heterocycles. The van der Waals surface area contributed by atoms with Crippen molar-refractivity contribution < 1.29 is 19.1 Å². The van der Waals surface area contributed by atoms with E-state index in [2.05, 4.69) is 22.6 Å². The van der Waals surface area contributed by atoms with Gasteiger partial charge in [-0.3, -0.25) is 9.59 Å². The summed E-state index contributed by atoms with van der Waals surface area (Å²) in [6.45, 7) is 3.96. The Hall–Kier alpha value is -2.29. The average molecular weight is 494 g/mol. The SMILES string of the molecule is COc1cc(C(=O)N2CCN(C(=O)COc3ccc(I)cc3)CC2)ccc1C. The summed E-state index contributed by atoms with van der Waals surface area (Å²) >= 11 is 2.22. The summed E-state index contributed by atoms with van der Waals surface area (Å²) in [4.78, 5) is 28.6. The van der Waals surface area contributed by atoms with E-state index < -0.39 is 0 Å². The Labute approximate surface area is 178 Å². The number of amides is 2. The van der Waals surface area contributed by atoms with Crippen molar-refractivity contribution in [1.29, 1.82) is 0 Å². The van der Waals surface area contributed by atoms with Gasteiger partial charge in [-0.15, -0.1) is 0 Å². The van der Waals surface area contributed by atoms with Crippen LogP contribution in [-0.4, -0.2) is 61.5 Å². The molecule has 1 aliphatic rings. The predicted octanol–water partition coefficient (Wildman–Crippen LogP) is 2.97. The standard InChI is InChI=1S/C21H23IN2O4/c1-15-3-4-16(13-19(15)27-2)21(26)24-11-9-23(10-12-24)20(25)14-28-18-7-5-17(22)6-8-18/h3-8,13H,9-12,14H2,1-2H3. The van der Waals surface area contributed by atoms with E-state index in [0.29, 0.717) is 43.2 Å². The maximum absolute atomic E-state index is 12.7. The maximum Gasteiger partial charge on any atom is 0.260 e. The minimum Gasteiger partial charge on any atom is -0.496 e. The Morgan fingerprint density at radius 3 is 2.29 bits per heavy atom. The van der Waals surface area contributed by atoms with Crippen LogP contribution in [0.4, 0.5) is 0 Å². The number of ether oxygens (including phenoxy) is 2. The average Bonchev–Trinajstić information content (AvgIpc) is 2.73. The first-order chi connectivity index (χ1) is 13.5. The Kier molecular flexibility index (Phi) is 6.77. The van der Waals surface area contributed by atoms with Crippen molar-refractivity contribution in [3.05, 3.63) is 57.2 Å². The molecule has 28 heavy (non-hydrogen) atoms. The van der Waals surface area contributed by atoms with Gasteiger partial charge in [0.05, 0.1) is 7.11 Å². The number of nitrogens with zero attached hydrogens (tertiary/aromatic N) is 2. The van der Waals surface area contributed by atoms with Crippen LogP contribution in [0.15, 0.2) is 42.5 Å². The van der Waals surface area contributed by atoms with Gasteiger partial charge < -0.3 is 19.3 Å². The fraction of sp³-hybridized carbons (Fsp3) is 0.333. The molecule has 0 radical (unpaired) electrons. The molecule has 0 aliphatic carbocycles. The number of piperazine rings is 1. The second kappa shape index (κ2) is 9.27. The van der Waals surface area contributed by atoms with E-state index in [9.17, 15) is 9.59 Å². The molecule has 2 amide bonds. The van der Waals surface area contributed by atoms with Gasteiger partial charge in [-0.05, 0) is 71.5 Å². The molecule has 2 aromatic carbocycles. The van der Waals surface area contributed by atoms with Crippen LogP contribution in [0.3, 0.4) is 0 Å². The highest BCUT2D eigenvalue weighted by Crippen LogP contribution is 2.20. The number of halogens is 1. The zero-order valence-electron chi connectivity index (χ0n) is 16.0. The van der Waals surface area contributed by atoms with Crippen LogP contribution in [0, 0.1) is 10.5 Å². The topological polar surface area (TPSA) is 59.1 Å². The zero-order chi connectivity index (χ0) is 20.1. The Balaban J connectivity index is 1.51. The summed E-state index contributed by atoms with van der Waals surface area (Å²) < 4.78 is 12.0. The van der Waals surface area contributed by atoms with Crippen molar-refractivity contribution in [2.75, 3.05) is 39.9 Å². The second-order valence-corrected chi connectivity index (χ2v) is 7.85. The largest absolute Gasteiger partial charge is 0.496 e. The second-order valence-electron chi connectivity index (χ2n) is 6.60. The molecule has 2 aromatic rings. The van der Waals surface area contributed by atoms with E-state index >= 15 is 0 Å². The van der Waals surface area contributed by atoms with Crippen molar-refractivity contribution in [3.8, 4) is 11.5 Å². The van der Waals surface area contributed by atoms with Gasteiger partial charge >= 0.3 is 0 Å². The van der Waals surface area contributed by atoms with E-state index in [1.807, 2.05) is 43.3 Å². The van der Waals surface area contributed by atoms with Crippen LogP contribution in [0.5, 0.6) is 11.5 Å². The third-order valence-corrected chi connectivity index (χ3v) is 5.47. The summed E-state index contributed by atoms with van der Waals surface area (Å²) in [5, 5.41) is 0. The molecule has 0 bridgehead atoms. The molecule has 1 fully saturated rings. The molecule has 0 saturated carbocycles. The molecule has 3 rings (SSSR count). The van der Waals surface area contributed by atoms with Crippen LogP contribution < -0.4 is 9.47 Å². The van der Waals surface area contributed by atoms with Gasteiger partial charge in [-0.2, -0.15) is 0 Å². The fourth-order valence-electron chi connectivity index (χ4n) is 3.06. The highest BCUT2D eigenvalue weighted by molar-refractivity contribution is 14.1. The summed E-state index contributed by atoms with van der Waals surface area (Å²) in [5.74, 6) is 1.27. The molecule has 0 N–H and O–H groups in total. The normalized spacial score (nSPS) is 14.0. The first-order valence-electron chi connectivity index (χ1n) is 9.08. The quantitative estimate of drug-likeness (QED) is 0.600. The lowest BCUT2D eigenvalue weighted by Crippen LogP contribution is -2.51. The van der Waals surface area contributed by atoms with Crippen LogP contribution in [0.2, 0.25) is 0 Å². The van der Waals surface area contributed by atoms with Gasteiger partial charge in [0.25, 0.3) is 11.8 Å². The van der Waals surface area contributed by atoms with Gasteiger partial charge in [0.1, 0.15) is 11.5 Å². The van der Waals surface area contributed by atoms with Crippen LogP contribution in [0.25, 0.3) is 0 Å². The summed E-state index contributed by atoms with van der Waals surface area (Å²) in [5.41, 5.74) is 1.59. The summed E-state index contributed by atoms with van der Waals surface area (Å²) in [7, 11) is 1.60. The molecule has 0 atom stereocenters. The van der Waals surface area contributed by atoms with Gasteiger partial charge in [0.2, 0.25) is 0 Å². The molecule has 0 unspecified atom stereocenters. The van der Waals surface area contributed by atoms with E-state index in [1.54, 1.807) is 23.0 Å². The van der Waals surface area contributed by atoms with Crippen LogP contribution in [0.1, 0.15) is 15.9 Å². The van der Waals surface area contributed by atoms with Crippen molar-refractivity contribution in [3.63, 3.8) is 0 Å². The smallest absolute Gasteiger partial charge is 0.260 e. The third kappa shape index (κ3) is 4.95. The number of benzene rings is 2. The lowest BCUT2D eigenvalue weighted by atomic mass is 10.1. The Morgan fingerprint density at radius 1 is 1.00 bits per heavy atom. The monoisotopic (exact) mass is 494 g/mol. The van der Waals surface area contributed by atoms with Gasteiger partial charge in [-0.1, -0.05) is 6.07 Å². The number of carbonyl (C=O) groups excluding carboxylic acids is 2. The van der Waals surface area contributed by atoms with Gasteiger partial charge in [0, 0.05) is 35.3 Å². The number of hydrogen-bond acceptors (Lipinski definition) is 4. The first-order valence-corrected chi connectivity index (χ1v) is 10.2. The van der Waals surface area contributed by atoms with Crippen molar-refractivity contribution >= 4 is 34.4 Å². The highest BCUT2D eigenvalue weighted by Gasteiger charge is 2.25. The van der Waals surface area contributed by atoms with Gasteiger partial charge in [0.15, 0.2) is 6.61 Å². The molecule has 6 nitrogen and oxygen atoms in total. The molecule has 1 aliphatic heterocycles.